The smallest absolute Gasteiger partial charge is 0.255 e. The van der Waals surface area contributed by atoms with E-state index in [-0.39, 0.29) is 35.8 Å². The van der Waals surface area contributed by atoms with Crippen molar-refractivity contribution in [2.24, 2.45) is 0 Å². The standard InChI is InChI=1S/C31H29FN2O5/c32-22-8-11-24(12-9-22)39-25-16-33(17-25)15-20-4-6-21(7-5-20)19-38-30-3-1-2-26-27(30)18-34(31(26)37)28-13-10-23(35)14-29(28)36/h1-9,11-12,25,28H,10,13-19H2. The summed E-state index contributed by atoms with van der Waals surface area (Å²) in [4.78, 5) is 41.0. The number of hydrogen-bond donors (Lipinski definition) is 0. The number of nitrogens with zero attached hydrogens (tertiary/aromatic N) is 2. The number of ether oxygens (including phenoxy) is 2. The summed E-state index contributed by atoms with van der Waals surface area (Å²) in [7, 11) is 0. The number of fused-ring (bicyclic) bond motifs is 1. The molecule has 1 saturated carbocycles. The van der Waals surface area contributed by atoms with Gasteiger partial charge in [0, 0.05) is 37.2 Å². The Labute approximate surface area is 226 Å². The molecule has 3 aliphatic rings. The van der Waals surface area contributed by atoms with Crippen molar-refractivity contribution < 1.29 is 28.2 Å². The zero-order chi connectivity index (χ0) is 26.9. The highest BCUT2D eigenvalue weighted by Gasteiger charge is 2.40. The normalized spacial score (nSPS) is 19.7. The zero-order valence-electron chi connectivity index (χ0n) is 21.5. The minimum atomic E-state index is -0.542. The maximum absolute atomic E-state index is 13.0. The fourth-order valence-electron chi connectivity index (χ4n) is 5.49. The van der Waals surface area contributed by atoms with E-state index >= 15 is 0 Å². The minimum absolute atomic E-state index is 0.0552. The Bertz CT molecular complexity index is 1400. The zero-order valence-corrected chi connectivity index (χ0v) is 21.5. The van der Waals surface area contributed by atoms with Gasteiger partial charge >= 0.3 is 0 Å². The van der Waals surface area contributed by atoms with Gasteiger partial charge in [-0.25, -0.2) is 4.39 Å². The largest absolute Gasteiger partial charge is 0.489 e. The summed E-state index contributed by atoms with van der Waals surface area (Å²) in [5, 5.41) is 0. The van der Waals surface area contributed by atoms with Gasteiger partial charge in [0.1, 0.15) is 35.8 Å². The van der Waals surface area contributed by atoms with Crippen LogP contribution < -0.4 is 9.47 Å². The van der Waals surface area contributed by atoms with E-state index in [1.807, 2.05) is 18.2 Å². The van der Waals surface area contributed by atoms with Crippen LogP contribution in [0.25, 0.3) is 0 Å². The summed E-state index contributed by atoms with van der Waals surface area (Å²) >= 11 is 0. The molecule has 200 valence electrons. The van der Waals surface area contributed by atoms with E-state index in [1.165, 1.54) is 17.7 Å². The number of Topliss-reactive ketones (excluding diaryl/α,β-unsaturated/α-hetero) is 2. The number of likely N-dealkylation sites (tertiary alicyclic amines) is 1. The van der Waals surface area contributed by atoms with E-state index in [0.29, 0.717) is 43.1 Å². The van der Waals surface area contributed by atoms with Crippen LogP contribution in [0.4, 0.5) is 4.39 Å². The van der Waals surface area contributed by atoms with Gasteiger partial charge in [0.25, 0.3) is 5.91 Å². The van der Waals surface area contributed by atoms with Crippen LogP contribution in [0.2, 0.25) is 0 Å². The lowest BCUT2D eigenvalue weighted by Gasteiger charge is -2.39. The van der Waals surface area contributed by atoms with Gasteiger partial charge in [-0.3, -0.25) is 19.3 Å². The second kappa shape index (κ2) is 10.6. The van der Waals surface area contributed by atoms with Gasteiger partial charge in [0.05, 0.1) is 19.0 Å². The van der Waals surface area contributed by atoms with Crippen LogP contribution in [0, 0.1) is 5.82 Å². The summed E-state index contributed by atoms with van der Waals surface area (Å²) in [6.45, 7) is 3.13. The number of benzene rings is 3. The van der Waals surface area contributed by atoms with Crippen molar-refractivity contribution in [2.75, 3.05) is 13.1 Å². The molecule has 0 spiro atoms. The van der Waals surface area contributed by atoms with Crippen molar-refractivity contribution in [2.45, 2.75) is 51.1 Å². The van der Waals surface area contributed by atoms with Gasteiger partial charge in [0.2, 0.25) is 0 Å². The molecule has 39 heavy (non-hydrogen) atoms. The molecule has 8 heteroatoms. The van der Waals surface area contributed by atoms with Crippen LogP contribution in [0.1, 0.15) is 46.3 Å². The van der Waals surface area contributed by atoms with Crippen molar-refractivity contribution in [3.05, 3.63) is 94.8 Å². The molecule has 1 saturated heterocycles. The second-order valence-corrected chi connectivity index (χ2v) is 10.4. The Balaban J connectivity index is 1.01. The third kappa shape index (κ3) is 5.43. The first kappa shape index (κ1) is 25.2. The molecule has 0 N–H and O–H groups in total. The summed E-state index contributed by atoms with van der Waals surface area (Å²) in [5.41, 5.74) is 3.55. The first-order valence-electron chi connectivity index (χ1n) is 13.3. The molecule has 2 fully saturated rings. The van der Waals surface area contributed by atoms with Crippen LogP contribution in [-0.4, -0.2) is 52.5 Å². The second-order valence-electron chi connectivity index (χ2n) is 10.4. The molecule has 1 unspecified atom stereocenters. The molecule has 0 radical (unpaired) electrons. The van der Waals surface area contributed by atoms with E-state index in [4.69, 9.17) is 9.47 Å². The van der Waals surface area contributed by atoms with Crippen LogP contribution in [0.5, 0.6) is 11.5 Å². The third-order valence-corrected chi connectivity index (χ3v) is 7.63. The Hall–Kier alpha value is -4.04. The minimum Gasteiger partial charge on any atom is -0.489 e. The number of halogens is 1. The predicted molar refractivity (Wildman–Crippen MR) is 141 cm³/mol. The maximum Gasteiger partial charge on any atom is 0.255 e. The fourth-order valence-corrected chi connectivity index (χ4v) is 5.49. The highest BCUT2D eigenvalue weighted by Crippen LogP contribution is 2.34. The van der Waals surface area contributed by atoms with E-state index in [1.54, 1.807) is 29.2 Å². The van der Waals surface area contributed by atoms with Gasteiger partial charge in [0.15, 0.2) is 5.78 Å². The maximum atomic E-state index is 13.0. The quantitative estimate of drug-likeness (QED) is 0.406. The average molecular weight is 529 g/mol. The van der Waals surface area contributed by atoms with E-state index in [9.17, 15) is 18.8 Å². The molecule has 1 aliphatic carbocycles. The molecule has 3 aromatic carbocycles. The Morgan fingerprint density at radius 3 is 2.38 bits per heavy atom. The first-order chi connectivity index (χ1) is 18.9. The molecule has 6 rings (SSSR count). The molecule has 2 aliphatic heterocycles. The molecule has 0 bridgehead atoms. The van der Waals surface area contributed by atoms with Crippen molar-refractivity contribution in [1.29, 1.82) is 0 Å². The highest BCUT2D eigenvalue weighted by molar-refractivity contribution is 6.07. The number of carbonyl (C=O) groups excluding carboxylic acids is 3. The highest BCUT2D eigenvalue weighted by atomic mass is 19.1. The fraction of sp³-hybridized carbons (Fsp3) is 0.323. The van der Waals surface area contributed by atoms with Crippen LogP contribution in [0.3, 0.4) is 0 Å². The van der Waals surface area contributed by atoms with Crippen molar-refractivity contribution >= 4 is 17.5 Å². The molecule has 2 heterocycles. The molecule has 0 aromatic heterocycles. The van der Waals surface area contributed by atoms with E-state index < -0.39 is 6.04 Å². The van der Waals surface area contributed by atoms with Gasteiger partial charge < -0.3 is 14.4 Å². The van der Waals surface area contributed by atoms with Crippen LogP contribution in [0.15, 0.2) is 66.7 Å². The number of carbonyl (C=O) groups is 3. The summed E-state index contributed by atoms with van der Waals surface area (Å²) < 4.78 is 25.1. The predicted octanol–water partition coefficient (Wildman–Crippen LogP) is 4.31. The van der Waals surface area contributed by atoms with Crippen molar-refractivity contribution in [3.8, 4) is 11.5 Å². The molecular weight excluding hydrogens is 499 g/mol. The van der Waals surface area contributed by atoms with Gasteiger partial charge in [-0.05, 0) is 53.9 Å². The Morgan fingerprint density at radius 2 is 1.64 bits per heavy atom. The third-order valence-electron chi connectivity index (χ3n) is 7.63. The van der Waals surface area contributed by atoms with Gasteiger partial charge in [-0.2, -0.15) is 0 Å². The van der Waals surface area contributed by atoms with Crippen molar-refractivity contribution in [3.63, 3.8) is 0 Å². The molecular formula is C31H29FN2O5. The van der Waals surface area contributed by atoms with Crippen LogP contribution in [-0.2, 0) is 29.3 Å². The lowest BCUT2D eigenvalue weighted by atomic mass is 9.92. The number of amides is 1. The average Bonchev–Trinajstić information content (AvgIpc) is 3.25. The summed E-state index contributed by atoms with van der Waals surface area (Å²) in [6, 6.07) is 19.2. The molecule has 1 atom stereocenters. The number of rotatable bonds is 8. The molecule has 3 aromatic rings. The summed E-state index contributed by atoms with van der Waals surface area (Å²) in [5.74, 6) is 0.645. The Morgan fingerprint density at radius 1 is 0.897 bits per heavy atom. The van der Waals surface area contributed by atoms with Gasteiger partial charge in [-0.1, -0.05) is 30.3 Å². The van der Waals surface area contributed by atoms with E-state index in [2.05, 4.69) is 17.0 Å². The first-order valence-corrected chi connectivity index (χ1v) is 13.3. The SMILES string of the molecule is O=C1CCC(N2Cc3c(OCc4ccc(CN5CC(Oc6ccc(F)cc6)C5)cc4)cccc3C2=O)C(=O)C1. The number of ketones is 2. The van der Waals surface area contributed by atoms with Gasteiger partial charge in [-0.15, -0.1) is 0 Å². The molecule has 1 amide bonds. The lowest BCUT2D eigenvalue weighted by molar-refractivity contribution is -0.133. The monoisotopic (exact) mass is 528 g/mol. The molecule has 7 nitrogen and oxygen atoms in total. The topological polar surface area (TPSA) is 76.2 Å². The summed E-state index contributed by atoms with van der Waals surface area (Å²) in [6.07, 6.45) is 0.737. The Kier molecular flexibility index (Phi) is 6.87. The van der Waals surface area contributed by atoms with Crippen molar-refractivity contribution in [1.82, 2.24) is 9.80 Å². The lowest BCUT2D eigenvalue weighted by Crippen LogP contribution is -2.53. The van der Waals surface area contributed by atoms with Crippen LogP contribution >= 0.6 is 0 Å². The number of hydrogen-bond acceptors (Lipinski definition) is 6. The van der Waals surface area contributed by atoms with E-state index in [0.717, 1.165) is 30.8 Å².